The smallest absolute Gasteiger partial charge is 0.0422 e. The van der Waals surface area contributed by atoms with E-state index in [2.05, 4.69) is 23.3 Å². The molecule has 0 radical (unpaired) electrons. The van der Waals surface area contributed by atoms with E-state index in [1.165, 1.54) is 24.9 Å². The summed E-state index contributed by atoms with van der Waals surface area (Å²) in [7, 11) is 0. The SMILES string of the molecule is CCC1(CNc2ccc(N)c3cnccc23)CC1. The third-order valence-corrected chi connectivity index (χ3v) is 4.21. The van der Waals surface area contributed by atoms with Gasteiger partial charge >= 0.3 is 0 Å². The molecular formula is C15H19N3. The van der Waals surface area contributed by atoms with Crippen molar-refractivity contribution in [1.29, 1.82) is 0 Å². The van der Waals surface area contributed by atoms with Crippen molar-refractivity contribution in [3.8, 4) is 0 Å². The summed E-state index contributed by atoms with van der Waals surface area (Å²) >= 11 is 0. The molecule has 0 bridgehead atoms. The second-order valence-electron chi connectivity index (χ2n) is 5.33. The lowest BCUT2D eigenvalue weighted by Gasteiger charge is -2.16. The van der Waals surface area contributed by atoms with E-state index < -0.39 is 0 Å². The van der Waals surface area contributed by atoms with Crippen LogP contribution in [0.5, 0.6) is 0 Å². The van der Waals surface area contributed by atoms with Gasteiger partial charge in [0.25, 0.3) is 0 Å². The highest BCUT2D eigenvalue weighted by atomic mass is 14.9. The molecular weight excluding hydrogens is 222 g/mol. The first-order valence-corrected chi connectivity index (χ1v) is 6.60. The van der Waals surface area contributed by atoms with Crippen molar-refractivity contribution in [3.05, 3.63) is 30.6 Å². The molecule has 1 saturated carbocycles. The Labute approximate surface area is 107 Å². The Morgan fingerprint density at radius 2 is 2.11 bits per heavy atom. The van der Waals surface area contributed by atoms with Gasteiger partial charge in [-0.05, 0) is 42.9 Å². The van der Waals surface area contributed by atoms with Gasteiger partial charge in [0.15, 0.2) is 0 Å². The monoisotopic (exact) mass is 241 g/mol. The topological polar surface area (TPSA) is 50.9 Å². The van der Waals surface area contributed by atoms with E-state index in [9.17, 15) is 0 Å². The molecule has 1 aliphatic carbocycles. The zero-order valence-corrected chi connectivity index (χ0v) is 10.7. The first kappa shape index (κ1) is 11.3. The highest BCUT2D eigenvalue weighted by molar-refractivity contribution is 6.00. The first-order valence-electron chi connectivity index (χ1n) is 6.60. The quantitative estimate of drug-likeness (QED) is 0.806. The Kier molecular flexibility index (Phi) is 2.62. The predicted octanol–water partition coefficient (Wildman–Crippen LogP) is 3.42. The Balaban J connectivity index is 1.90. The summed E-state index contributed by atoms with van der Waals surface area (Å²) in [4.78, 5) is 4.14. The minimum atomic E-state index is 0.542. The second-order valence-corrected chi connectivity index (χ2v) is 5.33. The van der Waals surface area contributed by atoms with Crippen molar-refractivity contribution >= 4 is 22.1 Å². The van der Waals surface area contributed by atoms with E-state index in [0.717, 1.165) is 23.0 Å². The predicted molar refractivity (Wildman–Crippen MR) is 76.6 cm³/mol. The Bertz CT molecular complexity index is 573. The maximum atomic E-state index is 5.98. The molecule has 1 aromatic carbocycles. The fourth-order valence-corrected chi connectivity index (χ4v) is 2.48. The molecule has 1 aliphatic rings. The number of rotatable bonds is 4. The lowest BCUT2D eigenvalue weighted by Crippen LogP contribution is -2.14. The summed E-state index contributed by atoms with van der Waals surface area (Å²) in [6, 6.07) is 6.06. The van der Waals surface area contributed by atoms with Crippen LogP contribution in [-0.4, -0.2) is 11.5 Å². The van der Waals surface area contributed by atoms with Crippen LogP contribution in [0.1, 0.15) is 26.2 Å². The van der Waals surface area contributed by atoms with Gasteiger partial charge in [0.05, 0.1) is 0 Å². The molecule has 18 heavy (non-hydrogen) atoms. The minimum Gasteiger partial charge on any atom is -0.398 e. The average molecular weight is 241 g/mol. The molecule has 2 aromatic rings. The number of hydrogen-bond donors (Lipinski definition) is 2. The largest absolute Gasteiger partial charge is 0.398 e. The van der Waals surface area contributed by atoms with Gasteiger partial charge in [0.1, 0.15) is 0 Å². The average Bonchev–Trinajstić information content (AvgIpc) is 3.19. The lowest BCUT2D eigenvalue weighted by molar-refractivity contribution is 0.522. The van der Waals surface area contributed by atoms with Crippen LogP contribution in [0, 0.1) is 5.41 Å². The number of benzene rings is 1. The molecule has 0 aliphatic heterocycles. The van der Waals surface area contributed by atoms with Crippen LogP contribution in [-0.2, 0) is 0 Å². The molecule has 3 N–H and O–H groups in total. The molecule has 3 heteroatoms. The van der Waals surface area contributed by atoms with Gasteiger partial charge in [-0.1, -0.05) is 6.92 Å². The molecule has 1 heterocycles. The van der Waals surface area contributed by atoms with Crippen LogP contribution in [0.4, 0.5) is 11.4 Å². The lowest BCUT2D eigenvalue weighted by atomic mass is 10.0. The number of nitrogens with zero attached hydrogens (tertiary/aromatic N) is 1. The van der Waals surface area contributed by atoms with Gasteiger partial charge in [-0.15, -0.1) is 0 Å². The summed E-state index contributed by atoms with van der Waals surface area (Å²) in [6.45, 7) is 3.34. The molecule has 0 spiro atoms. The molecule has 94 valence electrons. The van der Waals surface area contributed by atoms with Crippen molar-refractivity contribution in [2.45, 2.75) is 26.2 Å². The summed E-state index contributed by atoms with van der Waals surface area (Å²) in [5.41, 5.74) is 8.48. The Morgan fingerprint density at radius 3 is 2.83 bits per heavy atom. The van der Waals surface area contributed by atoms with Gasteiger partial charge in [0, 0.05) is 41.1 Å². The maximum absolute atomic E-state index is 5.98. The van der Waals surface area contributed by atoms with Crippen LogP contribution in [0.2, 0.25) is 0 Å². The fraction of sp³-hybridized carbons (Fsp3) is 0.400. The summed E-state index contributed by atoms with van der Waals surface area (Å²) in [5, 5.41) is 5.78. The number of aromatic nitrogens is 1. The van der Waals surface area contributed by atoms with Crippen molar-refractivity contribution in [1.82, 2.24) is 4.98 Å². The number of nitrogen functional groups attached to an aromatic ring is 1. The van der Waals surface area contributed by atoms with Crippen molar-refractivity contribution < 1.29 is 0 Å². The highest BCUT2D eigenvalue weighted by Gasteiger charge is 2.40. The molecule has 3 rings (SSSR count). The van der Waals surface area contributed by atoms with Crippen LogP contribution >= 0.6 is 0 Å². The standard InChI is InChI=1S/C15H19N3/c1-2-15(6-7-15)10-18-14-4-3-13(16)12-9-17-8-5-11(12)14/h3-5,8-9,18H,2,6-7,10,16H2,1H3. The number of pyridine rings is 1. The summed E-state index contributed by atoms with van der Waals surface area (Å²) < 4.78 is 0. The van der Waals surface area contributed by atoms with Gasteiger partial charge in [-0.2, -0.15) is 0 Å². The van der Waals surface area contributed by atoms with Crippen molar-refractivity contribution in [2.75, 3.05) is 17.6 Å². The zero-order valence-electron chi connectivity index (χ0n) is 10.7. The second kappa shape index (κ2) is 4.16. The van der Waals surface area contributed by atoms with Crippen molar-refractivity contribution in [2.24, 2.45) is 5.41 Å². The number of hydrogen-bond acceptors (Lipinski definition) is 3. The molecule has 1 aromatic heterocycles. The van der Waals surface area contributed by atoms with E-state index in [0.29, 0.717) is 5.41 Å². The molecule has 0 atom stereocenters. The fourth-order valence-electron chi connectivity index (χ4n) is 2.48. The van der Waals surface area contributed by atoms with E-state index in [-0.39, 0.29) is 0 Å². The van der Waals surface area contributed by atoms with Gasteiger partial charge in [0.2, 0.25) is 0 Å². The third-order valence-electron chi connectivity index (χ3n) is 4.21. The van der Waals surface area contributed by atoms with Crippen LogP contribution < -0.4 is 11.1 Å². The number of anilines is 2. The van der Waals surface area contributed by atoms with E-state index in [4.69, 9.17) is 5.73 Å². The third kappa shape index (κ3) is 1.90. The first-order chi connectivity index (χ1) is 8.74. The van der Waals surface area contributed by atoms with Gasteiger partial charge < -0.3 is 11.1 Å². The normalized spacial score (nSPS) is 16.7. The van der Waals surface area contributed by atoms with E-state index in [1.54, 1.807) is 0 Å². The molecule has 1 fully saturated rings. The van der Waals surface area contributed by atoms with Gasteiger partial charge in [-0.3, -0.25) is 4.98 Å². The molecule has 0 unspecified atom stereocenters. The number of fused-ring (bicyclic) bond motifs is 1. The van der Waals surface area contributed by atoms with Gasteiger partial charge in [-0.25, -0.2) is 0 Å². The molecule has 3 nitrogen and oxygen atoms in total. The number of nitrogens with one attached hydrogen (secondary N) is 1. The maximum Gasteiger partial charge on any atom is 0.0422 e. The van der Waals surface area contributed by atoms with E-state index >= 15 is 0 Å². The minimum absolute atomic E-state index is 0.542. The van der Waals surface area contributed by atoms with Crippen molar-refractivity contribution in [3.63, 3.8) is 0 Å². The zero-order chi connectivity index (χ0) is 12.6. The number of nitrogens with two attached hydrogens (primary N) is 1. The highest BCUT2D eigenvalue weighted by Crippen LogP contribution is 2.48. The Morgan fingerprint density at radius 1 is 1.28 bits per heavy atom. The van der Waals surface area contributed by atoms with Crippen LogP contribution in [0.15, 0.2) is 30.6 Å². The molecule has 0 saturated heterocycles. The molecule has 0 amide bonds. The van der Waals surface area contributed by atoms with E-state index in [1.807, 2.05) is 24.5 Å². The van der Waals surface area contributed by atoms with Crippen LogP contribution in [0.25, 0.3) is 10.8 Å². The summed E-state index contributed by atoms with van der Waals surface area (Å²) in [5.74, 6) is 0. The Hall–Kier alpha value is -1.77. The summed E-state index contributed by atoms with van der Waals surface area (Å²) in [6.07, 6.45) is 7.62. The van der Waals surface area contributed by atoms with Crippen LogP contribution in [0.3, 0.4) is 0 Å².